The standard InChI is InChI=1S/C30H51N3O24S/c1-8(37)31-15-19(41)26(14(51-27(15)46)7-50-58(47,48)49)56-29-16(32-9(2)38)20(42)24(12(5-35)53-29)55-28-17(33-10(3)39)21(43)25(13(6-36)54-28)57-30-23(45)22(44)18(40)11(4-34)52-30/h11-30,34-36,40-46H,4-7H2,1-3H3,(H,31,37)(H,32,38)(H,33,39)(H,47,48,49)/t11-,12-,13-,14-,15-,16-,17-,18+,19-,20-,21-,22+,23-,24-,25-,26-,27?,28+,29+,30+/m1/s1. The summed E-state index contributed by atoms with van der Waals surface area (Å²) in [6, 6.07) is -5.02. The van der Waals surface area contributed by atoms with E-state index >= 15 is 0 Å². The molecule has 4 rings (SSSR count). The topological polar surface area (TPSA) is 418 Å². The lowest BCUT2D eigenvalue weighted by Crippen LogP contribution is -2.71. The van der Waals surface area contributed by atoms with Crippen molar-refractivity contribution in [3.05, 3.63) is 0 Å². The molecule has 4 heterocycles. The number of carbonyl (C=O) groups excluding carboxylic acids is 3. The van der Waals surface area contributed by atoms with Gasteiger partial charge in [0, 0.05) is 20.8 Å². The van der Waals surface area contributed by atoms with Gasteiger partial charge in [-0.1, -0.05) is 0 Å². The summed E-state index contributed by atoms with van der Waals surface area (Å²) in [5.74, 6) is -2.38. The number of rotatable bonds is 15. The number of nitrogens with one attached hydrogen (secondary N) is 3. The molecule has 3 amide bonds. The fourth-order valence-corrected chi connectivity index (χ4v) is 7.21. The first-order valence-corrected chi connectivity index (χ1v) is 19.1. The van der Waals surface area contributed by atoms with Crippen molar-refractivity contribution in [1.82, 2.24) is 16.0 Å². The smallest absolute Gasteiger partial charge is 0.394 e. The molecule has 4 aliphatic heterocycles. The molecule has 0 saturated carbocycles. The summed E-state index contributed by atoms with van der Waals surface area (Å²) in [7, 11) is -5.13. The highest BCUT2D eigenvalue weighted by molar-refractivity contribution is 7.80. The summed E-state index contributed by atoms with van der Waals surface area (Å²) in [6.07, 6.45) is -30.9. The van der Waals surface area contributed by atoms with Crippen molar-refractivity contribution in [2.24, 2.45) is 0 Å². The summed E-state index contributed by atoms with van der Waals surface area (Å²) in [5.41, 5.74) is 0. The van der Waals surface area contributed by atoms with E-state index in [4.69, 9.17) is 37.7 Å². The van der Waals surface area contributed by atoms with E-state index in [0.717, 1.165) is 20.8 Å². The third-order valence-electron chi connectivity index (χ3n) is 9.61. The Morgan fingerprint density at radius 1 is 0.517 bits per heavy atom. The molecular weight excluding hydrogens is 818 g/mol. The summed E-state index contributed by atoms with van der Waals surface area (Å²) in [4.78, 5) is 36.5. The van der Waals surface area contributed by atoms with Gasteiger partial charge in [-0.2, -0.15) is 8.42 Å². The molecule has 0 aliphatic carbocycles. The molecule has 4 aliphatic rings. The van der Waals surface area contributed by atoms with E-state index in [9.17, 15) is 73.9 Å². The first-order chi connectivity index (χ1) is 27.1. The van der Waals surface area contributed by atoms with Crippen molar-refractivity contribution in [2.75, 3.05) is 26.4 Å². The van der Waals surface area contributed by atoms with E-state index in [2.05, 4.69) is 20.1 Å². The van der Waals surface area contributed by atoms with E-state index in [1.54, 1.807) is 0 Å². The van der Waals surface area contributed by atoms with Crippen LogP contribution in [0.3, 0.4) is 0 Å². The maximum Gasteiger partial charge on any atom is 0.397 e. The van der Waals surface area contributed by atoms with Crippen LogP contribution < -0.4 is 16.0 Å². The molecule has 336 valence electrons. The summed E-state index contributed by atoms with van der Waals surface area (Å²) >= 11 is 0. The average molecular weight is 870 g/mol. The van der Waals surface area contributed by atoms with Gasteiger partial charge in [-0.3, -0.25) is 18.9 Å². The van der Waals surface area contributed by atoms with E-state index < -0.39 is 177 Å². The maximum atomic E-state index is 12.4. The van der Waals surface area contributed by atoms with Gasteiger partial charge in [-0.15, -0.1) is 0 Å². The number of aliphatic hydroxyl groups is 10. The third-order valence-corrected chi connectivity index (χ3v) is 10.0. The number of aliphatic hydroxyl groups excluding tert-OH is 10. The van der Waals surface area contributed by atoms with Crippen LogP contribution in [0.2, 0.25) is 0 Å². The van der Waals surface area contributed by atoms with Crippen LogP contribution in [0.15, 0.2) is 0 Å². The highest BCUT2D eigenvalue weighted by Crippen LogP contribution is 2.34. The molecule has 4 saturated heterocycles. The highest BCUT2D eigenvalue weighted by Gasteiger charge is 2.56. The average Bonchev–Trinajstić information content (AvgIpc) is 3.14. The lowest BCUT2D eigenvalue weighted by molar-refractivity contribution is -0.367. The van der Waals surface area contributed by atoms with Gasteiger partial charge < -0.3 is 100 Å². The summed E-state index contributed by atoms with van der Waals surface area (Å²) in [5, 5.41) is 113. The number of hydrogen-bond acceptors (Lipinski definition) is 23. The third kappa shape index (κ3) is 11.5. The van der Waals surface area contributed by atoms with Crippen molar-refractivity contribution in [3.63, 3.8) is 0 Å². The fourth-order valence-electron chi connectivity index (χ4n) is 6.90. The van der Waals surface area contributed by atoms with Crippen LogP contribution >= 0.6 is 0 Å². The first kappa shape index (κ1) is 48.3. The van der Waals surface area contributed by atoms with E-state index in [1.807, 2.05) is 0 Å². The molecule has 28 heteroatoms. The van der Waals surface area contributed by atoms with Crippen LogP contribution in [-0.2, 0) is 62.1 Å². The van der Waals surface area contributed by atoms with Crippen molar-refractivity contribution < 1.29 is 116 Å². The molecular formula is C30H51N3O24S. The molecule has 0 radical (unpaired) electrons. The van der Waals surface area contributed by atoms with Crippen molar-refractivity contribution in [3.8, 4) is 0 Å². The van der Waals surface area contributed by atoms with Crippen molar-refractivity contribution in [2.45, 2.75) is 143 Å². The summed E-state index contributed by atoms with van der Waals surface area (Å²) in [6.45, 7) is -0.810. The van der Waals surface area contributed by atoms with Crippen LogP contribution in [0.1, 0.15) is 20.8 Å². The maximum absolute atomic E-state index is 12.4. The number of hydrogen-bond donors (Lipinski definition) is 14. The number of carbonyl (C=O) groups is 3. The molecule has 0 spiro atoms. The van der Waals surface area contributed by atoms with Crippen molar-refractivity contribution >= 4 is 28.1 Å². The van der Waals surface area contributed by atoms with Gasteiger partial charge in [0.05, 0.1) is 26.4 Å². The van der Waals surface area contributed by atoms with E-state index in [-0.39, 0.29) is 0 Å². The predicted octanol–water partition coefficient (Wildman–Crippen LogP) is -9.49. The van der Waals surface area contributed by atoms with Crippen LogP contribution in [0.4, 0.5) is 0 Å². The Morgan fingerprint density at radius 3 is 1.31 bits per heavy atom. The molecule has 27 nitrogen and oxygen atoms in total. The zero-order valence-corrected chi connectivity index (χ0v) is 31.8. The van der Waals surface area contributed by atoms with Gasteiger partial charge in [-0.25, -0.2) is 4.18 Å². The molecule has 1 unspecified atom stereocenters. The molecule has 0 bridgehead atoms. The molecule has 0 aromatic heterocycles. The molecule has 58 heavy (non-hydrogen) atoms. The Kier molecular flexibility index (Phi) is 17.0. The lowest BCUT2D eigenvalue weighted by atomic mass is 9.93. The molecule has 20 atom stereocenters. The normalized spacial score (nSPS) is 43.6. The van der Waals surface area contributed by atoms with Gasteiger partial charge in [-0.05, 0) is 0 Å². The Bertz CT molecular complexity index is 1500. The van der Waals surface area contributed by atoms with Gasteiger partial charge in [0.2, 0.25) is 17.7 Å². The largest absolute Gasteiger partial charge is 0.397 e. The van der Waals surface area contributed by atoms with E-state index in [0.29, 0.717) is 0 Å². The quantitative estimate of drug-likeness (QED) is 0.0679. The SMILES string of the molecule is CC(=O)N[C@H]1[C@H](O[C@H]2[C@H](O)[C@@H](NC(C)=O)[C@H](O[C@H]3[C@H](O)[C@@H](NC(C)=O)C(O)O[C@@H]3COS(=O)(=O)O)O[C@@H]2CO)O[C@H](CO)[C@@H](O[C@@H]2O[C@H](CO)[C@H](O)[C@H](O)[C@H]2O)[C@@H]1O. The monoisotopic (exact) mass is 869 g/mol. The van der Waals surface area contributed by atoms with Crippen LogP contribution in [0, 0.1) is 0 Å². The van der Waals surface area contributed by atoms with Gasteiger partial charge in [0.1, 0.15) is 97.5 Å². The minimum Gasteiger partial charge on any atom is -0.394 e. The first-order valence-electron chi connectivity index (χ1n) is 17.7. The Hall–Kier alpha value is -2.40. The zero-order chi connectivity index (χ0) is 43.4. The van der Waals surface area contributed by atoms with Crippen LogP contribution in [-0.4, -0.2) is 231 Å². The van der Waals surface area contributed by atoms with Crippen LogP contribution in [0.5, 0.6) is 0 Å². The second-order valence-electron chi connectivity index (χ2n) is 13.9. The fraction of sp³-hybridized carbons (Fsp3) is 0.900. The Labute approximate surface area is 329 Å². The highest BCUT2D eigenvalue weighted by atomic mass is 32.3. The van der Waals surface area contributed by atoms with Crippen molar-refractivity contribution in [1.29, 1.82) is 0 Å². The minimum absolute atomic E-state index is 0.762. The van der Waals surface area contributed by atoms with Gasteiger partial charge in [0.25, 0.3) is 0 Å². The van der Waals surface area contributed by atoms with Gasteiger partial charge >= 0.3 is 10.4 Å². The second kappa shape index (κ2) is 20.4. The number of ether oxygens (including phenoxy) is 7. The Balaban J connectivity index is 1.62. The molecule has 0 aromatic carbocycles. The minimum atomic E-state index is -5.13. The Morgan fingerprint density at radius 2 is 0.897 bits per heavy atom. The second-order valence-corrected chi connectivity index (χ2v) is 15.0. The van der Waals surface area contributed by atoms with E-state index in [1.165, 1.54) is 0 Å². The number of amides is 3. The molecule has 4 fully saturated rings. The van der Waals surface area contributed by atoms with Crippen LogP contribution in [0.25, 0.3) is 0 Å². The molecule has 14 N–H and O–H groups in total. The van der Waals surface area contributed by atoms with Gasteiger partial charge in [0.15, 0.2) is 25.2 Å². The summed E-state index contributed by atoms with van der Waals surface area (Å²) < 4.78 is 76.0. The predicted molar refractivity (Wildman–Crippen MR) is 179 cm³/mol. The lowest BCUT2D eigenvalue weighted by Gasteiger charge is -2.50. The molecule has 0 aromatic rings. The zero-order valence-electron chi connectivity index (χ0n) is 31.0.